The highest BCUT2D eigenvalue weighted by Gasteiger charge is 2.22. The minimum absolute atomic E-state index is 0.391. The summed E-state index contributed by atoms with van der Waals surface area (Å²) in [4.78, 5) is 0. The summed E-state index contributed by atoms with van der Waals surface area (Å²) in [6, 6.07) is 0. The number of hydrogen-bond donors (Lipinski definition) is 1. The SMILES string of the molecule is CCCC1(C)C=CC=C(NC)C1. The lowest BCUT2D eigenvalue weighted by molar-refractivity contribution is 0.372. The van der Waals surface area contributed by atoms with Crippen LogP contribution in [0.25, 0.3) is 0 Å². The van der Waals surface area contributed by atoms with Gasteiger partial charge in [-0.15, -0.1) is 0 Å². The summed E-state index contributed by atoms with van der Waals surface area (Å²) in [5.41, 5.74) is 1.75. The predicted molar refractivity (Wildman–Crippen MR) is 53.9 cm³/mol. The number of hydrogen-bond acceptors (Lipinski definition) is 1. The van der Waals surface area contributed by atoms with Gasteiger partial charge in [0, 0.05) is 12.7 Å². The van der Waals surface area contributed by atoms with E-state index in [0.29, 0.717) is 5.41 Å². The average molecular weight is 165 g/mol. The first-order valence-corrected chi connectivity index (χ1v) is 4.76. The molecular formula is C11H19N. The van der Waals surface area contributed by atoms with Gasteiger partial charge in [-0.2, -0.15) is 0 Å². The Balaban J connectivity index is 2.62. The number of nitrogens with one attached hydrogen (secondary N) is 1. The fourth-order valence-electron chi connectivity index (χ4n) is 1.86. The standard InChI is InChI=1S/C11H19N/c1-4-7-11(2)8-5-6-10(9-11)12-3/h5-6,8,12H,4,7,9H2,1-3H3. The van der Waals surface area contributed by atoms with Gasteiger partial charge >= 0.3 is 0 Å². The molecule has 0 fully saturated rings. The van der Waals surface area contributed by atoms with Crippen molar-refractivity contribution in [1.82, 2.24) is 5.32 Å². The molecule has 1 unspecified atom stereocenters. The van der Waals surface area contributed by atoms with E-state index >= 15 is 0 Å². The summed E-state index contributed by atoms with van der Waals surface area (Å²) in [6.45, 7) is 4.58. The largest absolute Gasteiger partial charge is 0.391 e. The normalized spacial score (nSPS) is 28.4. The Morgan fingerprint density at radius 1 is 1.58 bits per heavy atom. The molecule has 0 aromatic carbocycles. The van der Waals surface area contributed by atoms with Crippen LogP contribution < -0.4 is 5.32 Å². The maximum Gasteiger partial charge on any atom is 0.0112 e. The van der Waals surface area contributed by atoms with Gasteiger partial charge in [-0.3, -0.25) is 0 Å². The fraction of sp³-hybridized carbons (Fsp3) is 0.636. The molecule has 1 heteroatoms. The first-order valence-electron chi connectivity index (χ1n) is 4.76. The zero-order chi connectivity index (χ0) is 9.03. The highest BCUT2D eigenvalue weighted by Crippen LogP contribution is 2.34. The molecule has 0 saturated carbocycles. The lowest BCUT2D eigenvalue weighted by Gasteiger charge is -2.29. The van der Waals surface area contributed by atoms with Crippen LogP contribution in [0.1, 0.15) is 33.1 Å². The molecule has 1 atom stereocenters. The van der Waals surface area contributed by atoms with E-state index in [-0.39, 0.29) is 0 Å². The van der Waals surface area contributed by atoms with Crippen LogP contribution in [0.3, 0.4) is 0 Å². The van der Waals surface area contributed by atoms with Crippen molar-refractivity contribution in [3.8, 4) is 0 Å². The topological polar surface area (TPSA) is 12.0 Å². The zero-order valence-electron chi connectivity index (χ0n) is 8.35. The summed E-state index contributed by atoms with van der Waals surface area (Å²) >= 11 is 0. The second kappa shape index (κ2) is 3.79. The van der Waals surface area contributed by atoms with Gasteiger partial charge in [-0.25, -0.2) is 0 Å². The van der Waals surface area contributed by atoms with E-state index in [9.17, 15) is 0 Å². The van der Waals surface area contributed by atoms with E-state index in [0.717, 1.165) is 6.42 Å². The molecule has 1 nitrogen and oxygen atoms in total. The van der Waals surface area contributed by atoms with Crippen LogP contribution in [-0.4, -0.2) is 7.05 Å². The molecule has 1 aliphatic rings. The maximum absolute atomic E-state index is 3.23. The Bertz CT molecular complexity index is 203. The van der Waals surface area contributed by atoms with Crippen LogP contribution in [0, 0.1) is 5.41 Å². The van der Waals surface area contributed by atoms with Gasteiger partial charge in [0.2, 0.25) is 0 Å². The lowest BCUT2D eigenvalue weighted by atomic mass is 9.78. The number of allylic oxidation sites excluding steroid dienone is 4. The summed E-state index contributed by atoms with van der Waals surface area (Å²) in [5, 5.41) is 3.23. The van der Waals surface area contributed by atoms with Gasteiger partial charge in [0.1, 0.15) is 0 Å². The van der Waals surface area contributed by atoms with Gasteiger partial charge in [0.15, 0.2) is 0 Å². The Hall–Kier alpha value is -0.720. The van der Waals surface area contributed by atoms with E-state index < -0.39 is 0 Å². The third kappa shape index (κ3) is 2.13. The summed E-state index contributed by atoms with van der Waals surface area (Å²) in [7, 11) is 2.00. The molecule has 1 rings (SSSR count). The molecular weight excluding hydrogens is 146 g/mol. The van der Waals surface area contributed by atoms with Crippen LogP contribution in [0.15, 0.2) is 23.9 Å². The van der Waals surface area contributed by atoms with Crippen LogP contribution in [0.5, 0.6) is 0 Å². The second-order valence-corrected chi connectivity index (χ2v) is 3.88. The molecule has 1 N–H and O–H groups in total. The zero-order valence-corrected chi connectivity index (χ0v) is 8.35. The molecule has 0 amide bonds. The summed E-state index contributed by atoms with van der Waals surface area (Å²) in [5.74, 6) is 0. The second-order valence-electron chi connectivity index (χ2n) is 3.88. The van der Waals surface area contributed by atoms with Crippen LogP contribution in [-0.2, 0) is 0 Å². The van der Waals surface area contributed by atoms with Crippen molar-refractivity contribution in [2.45, 2.75) is 33.1 Å². The fourth-order valence-corrected chi connectivity index (χ4v) is 1.86. The van der Waals surface area contributed by atoms with Crippen molar-refractivity contribution in [3.63, 3.8) is 0 Å². The van der Waals surface area contributed by atoms with E-state index in [4.69, 9.17) is 0 Å². The van der Waals surface area contributed by atoms with Gasteiger partial charge in [-0.1, -0.05) is 32.4 Å². The van der Waals surface area contributed by atoms with Crippen LogP contribution in [0.4, 0.5) is 0 Å². The summed E-state index contributed by atoms with van der Waals surface area (Å²) in [6.07, 6.45) is 10.4. The third-order valence-electron chi connectivity index (χ3n) is 2.53. The van der Waals surface area contributed by atoms with E-state index in [1.165, 1.54) is 18.5 Å². The Morgan fingerprint density at radius 3 is 2.92 bits per heavy atom. The van der Waals surface area contributed by atoms with Gasteiger partial charge in [0.05, 0.1) is 0 Å². The van der Waals surface area contributed by atoms with Crippen LogP contribution in [0.2, 0.25) is 0 Å². The van der Waals surface area contributed by atoms with E-state index in [1.54, 1.807) is 0 Å². The quantitative estimate of drug-likeness (QED) is 0.678. The van der Waals surface area contributed by atoms with Crippen molar-refractivity contribution >= 4 is 0 Å². The van der Waals surface area contributed by atoms with Crippen LogP contribution >= 0.6 is 0 Å². The van der Waals surface area contributed by atoms with E-state index in [1.807, 2.05) is 7.05 Å². The Labute approximate surface area is 75.6 Å². The van der Waals surface area contributed by atoms with Crippen molar-refractivity contribution in [2.75, 3.05) is 7.05 Å². The van der Waals surface area contributed by atoms with Gasteiger partial charge < -0.3 is 5.32 Å². The molecule has 0 saturated heterocycles. The molecule has 0 spiro atoms. The maximum atomic E-state index is 3.23. The predicted octanol–water partition coefficient (Wildman–Crippen LogP) is 2.86. The van der Waals surface area contributed by atoms with Gasteiger partial charge in [0.25, 0.3) is 0 Å². The Morgan fingerprint density at radius 2 is 2.33 bits per heavy atom. The molecule has 12 heavy (non-hydrogen) atoms. The Kier molecular flexibility index (Phi) is 2.96. The monoisotopic (exact) mass is 165 g/mol. The highest BCUT2D eigenvalue weighted by molar-refractivity contribution is 5.21. The minimum Gasteiger partial charge on any atom is -0.391 e. The summed E-state index contributed by atoms with van der Waals surface area (Å²) < 4.78 is 0. The lowest BCUT2D eigenvalue weighted by Crippen LogP contribution is -2.21. The van der Waals surface area contributed by atoms with Crippen molar-refractivity contribution in [2.24, 2.45) is 5.41 Å². The van der Waals surface area contributed by atoms with Crippen molar-refractivity contribution in [1.29, 1.82) is 0 Å². The first kappa shape index (κ1) is 9.37. The molecule has 1 aliphatic carbocycles. The molecule has 0 bridgehead atoms. The third-order valence-corrected chi connectivity index (χ3v) is 2.53. The van der Waals surface area contributed by atoms with E-state index in [2.05, 4.69) is 37.4 Å². The molecule has 0 aromatic rings. The molecule has 0 heterocycles. The van der Waals surface area contributed by atoms with Crippen molar-refractivity contribution in [3.05, 3.63) is 23.9 Å². The molecule has 68 valence electrons. The van der Waals surface area contributed by atoms with Crippen molar-refractivity contribution < 1.29 is 0 Å². The highest BCUT2D eigenvalue weighted by atomic mass is 14.8. The van der Waals surface area contributed by atoms with Gasteiger partial charge in [-0.05, 0) is 24.3 Å². The molecule has 0 aromatic heterocycles. The smallest absolute Gasteiger partial charge is 0.0112 e. The molecule has 0 aliphatic heterocycles. The minimum atomic E-state index is 0.391. The first-order chi connectivity index (χ1) is 5.70. The average Bonchev–Trinajstić information content (AvgIpc) is 2.04. The molecule has 0 radical (unpaired) electrons. The number of rotatable bonds is 3.